The average Bonchev–Trinajstić information content (AvgIpc) is 3.27. The van der Waals surface area contributed by atoms with Crippen LogP contribution in [0.5, 0.6) is 0 Å². The second-order valence-electron chi connectivity index (χ2n) is 7.83. The number of hydrogen-bond acceptors (Lipinski definition) is 5. The predicted molar refractivity (Wildman–Crippen MR) is 123 cm³/mol. The molecule has 0 spiro atoms. The number of pyridine rings is 3. The van der Waals surface area contributed by atoms with Gasteiger partial charge in [0, 0.05) is 29.5 Å². The van der Waals surface area contributed by atoms with E-state index in [-0.39, 0.29) is 22.1 Å². The molecule has 0 saturated heterocycles. The van der Waals surface area contributed by atoms with Gasteiger partial charge in [-0.25, -0.2) is 14.8 Å². The van der Waals surface area contributed by atoms with Crippen molar-refractivity contribution in [3.8, 4) is 16.9 Å². The Hall–Kier alpha value is -4.80. The molecule has 11 heteroatoms. The summed E-state index contributed by atoms with van der Waals surface area (Å²) in [6, 6.07) is 11.4. The maximum absolute atomic E-state index is 13.4. The van der Waals surface area contributed by atoms with Crippen molar-refractivity contribution in [3.05, 3.63) is 93.5 Å². The van der Waals surface area contributed by atoms with Crippen LogP contribution in [-0.2, 0) is 6.18 Å². The summed E-state index contributed by atoms with van der Waals surface area (Å²) in [5, 5.41) is 0.820. The van der Waals surface area contributed by atoms with Crippen molar-refractivity contribution in [3.63, 3.8) is 0 Å². The molecule has 0 aliphatic rings. The molecule has 0 unspecified atom stereocenters. The maximum Gasteiger partial charge on any atom is 0.416 e. The van der Waals surface area contributed by atoms with Gasteiger partial charge in [0.1, 0.15) is 11.2 Å². The van der Waals surface area contributed by atoms with Gasteiger partial charge in [-0.2, -0.15) is 13.2 Å². The SMILES string of the molecule is O=c1[nH]c(=O)n(-c2cccc(C(F)(F)F)c2)c2c1cnc1ccc(-c3c[nH]c4ncccc34)nc12. The molecule has 0 atom stereocenters. The summed E-state index contributed by atoms with van der Waals surface area (Å²) in [5.74, 6) is 0. The fourth-order valence-corrected chi connectivity index (χ4v) is 4.15. The maximum atomic E-state index is 13.4. The van der Waals surface area contributed by atoms with E-state index in [0.717, 1.165) is 27.6 Å². The standard InChI is InChI=1S/C24H13F3N6O2/c25-24(26,27)12-3-1-4-13(9-12)33-20-16(22(34)32-23(33)35)11-29-18-7-6-17(31-19(18)20)15-10-30-21-14(15)5-2-8-28-21/h1-11H,(H,28,30)(H,32,34,35). The van der Waals surface area contributed by atoms with Gasteiger partial charge in [-0.1, -0.05) is 6.07 Å². The summed E-state index contributed by atoms with van der Waals surface area (Å²) in [7, 11) is 0. The second-order valence-corrected chi connectivity index (χ2v) is 7.83. The molecule has 0 bridgehead atoms. The molecule has 5 heterocycles. The number of aromatic amines is 2. The lowest BCUT2D eigenvalue weighted by Gasteiger charge is -2.14. The first kappa shape index (κ1) is 20.8. The highest BCUT2D eigenvalue weighted by atomic mass is 19.4. The zero-order chi connectivity index (χ0) is 24.3. The van der Waals surface area contributed by atoms with Crippen LogP contribution < -0.4 is 11.2 Å². The molecule has 35 heavy (non-hydrogen) atoms. The summed E-state index contributed by atoms with van der Waals surface area (Å²) in [6.45, 7) is 0. The van der Waals surface area contributed by atoms with E-state index in [1.54, 1.807) is 30.6 Å². The third kappa shape index (κ3) is 3.28. The van der Waals surface area contributed by atoms with E-state index in [0.29, 0.717) is 16.9 Å². The molecular weight excluding hydrogens is 461 g/mol. The average molecular weight is 474 g/mol. The summed E-state index contributed by atoms with van der Waals surface area (Å²) < 4.78 is 41.1. The first-order chi connectivity index (χ1) is 16.8. The van der Waals surface area contributed by atoms with Gasteiger partial charge in [0.15, 0.2) is 0 Å². The Morgan fingerprint density at radius 3 is 2.63 bits per heavy atom. The highest BCUT2D eigenvalue weighted by Crippen LogP contribution is 2.32. The van der Waals surface area contributed by atoms with Crippen LogP contribution in [-0.4, -0.2) is 29.5 Å². The molecule has 5 aromatic heterocycles. The number of halogens is 3. The van der Waals surface area contributed by atoms with Gasteiger partial charge in [0.25, 0.3) is 5.56 Å². The van der Waals surface area contributed by atoms with E-state index in [1.165, 1.54) is 18.3 Å². The van der Waals surface area contributed by atoms with Gasteiger partial charge in [-0.3, -0.25) is 19.3 Å². The molecule has 172 valence electrons. The molecule has 1 aromatic carbocycles. The smallest absolute Gasteiger partial charge is 0.345 e. The van der Waals surface area contributed by atoms with Crippen LogP contribution in [0, 0.1) is 0 Å². The number of fused-ring (bicyclic) bond motifs is 4. The minimum absolute atomic E-state index is 0.0137. The third-order valence-electron chi connectivity index (χ3n) is 5.74. The van der Waals surface area contributed by atoms with Crippen LogP contribution in [0.15, 0.2) is 76.7 Å². The highest BCUT2D eigenvalue weighted by molar-refractivity contribution is 6.02. The number of nitrogens with one attached hydrogen (secondary N) is 2. The molecule has 6 aromatic rings. The Balaban J connectivity index is 1.71. The van der Waals surface area contributed by atoms with Gasteiger partial charge < -0.3 is 4.98 Å². The Morgan fingerprint density at radius 2 is 1.80 bits per heavy atom. The first-order valence-electron chi connectivity index (χ1n) is 10.4. The monoisotopic (exact) mass is 474 g/mol. The minimum atomic E-state index is -4.62. The number of rotatable bonds is 2. The Labute approximate surface area is 192 Å². The number of nitrogens with zero attached hydrogens (tertiary/aromatic N) is 4. The van der Waals surface area contributed by atoms with Crippen molar-refractivity contribution < 1.29 is 13.2 Å². The molecular formula is C24H13F3N6O2. The predicted octanol–water partition coefficient (Wildman–Crippen LogP) is 4.18. The van der Waals surface area contributed by atoms with Crippen molar-refractivity contribution in [2.24, 2.45) is 0 Å². The van der Waals surface area contributed by atoms with Gasteiger partial charge in [-0.05, 0) is 42.5 Å². The van der Waals surface area contributed by atoms with Gasteiger partial charge in [-0.15, -0.1) is 0 Å². The second kappa shape index (κ2) is 7.35. The summed E-state index contributed by atoms with van der Waals surface area (Å²) >= 11 is 0. The van der Waals surface area contributed by atoms with E-state index < -0.39 is 23.0 Å². The lowest BCUT2D eigenvalue weighted by Crippen LogP contribution is -2.29. The fraction of sp³-hybridized carbons (Fsp3) is 0.0417. The van der Waals surface area contributed by atoms with Crippen LogP contribution in [0.4, 0.5) is 13.2 Å². The van der Waals surface area contributed by atoms with E-state index in [2.05, 4.69) is 19.9 Å². The van der Waals surface area contributed by atoms with Gasteiger partial charge >= 0.3 is 11.9 Å². The molecule has 6 rings (SSSR count). The van der Waals surface area contributed by atoms with Gasteiger partial charge in [0.2, 0.25) is 0 Å². The Kier molecular flexibility index (Phi) is 4.37. The summed E-state index contributed by atoms with van der Waals surface area (Å²) in [6.07, 6.45) is 0.0397. The molecule has 0 saturated carbocycles. The first-order valence-corrected chi connectivity index (χ1v) is 10.4. The Morgan fingerprint density at radius 1 is 0.943 bits per heavy atom. The topological polar surface area (TPSA) is 109 Å². The Bertz CT molecular complexity index is 1900. The third-order valence-corrected chi connectivity index (χ3v) is 5.74. The van der Waals surface area contributed by atoms with Crippen LogP contribution in [0.1, 0.15) is 5.56 Å². The molecule has 2 N–H and O–H groups in total. The van der Waals surface area contributed by atoms with Crippen molar-refractivity contribution in [1.82, 2.24) is 29.5 Å². The normalized spacial score (nSPS) is 12.1. The van der Waals surface area contributed by atoms with Crippen molar-refractivity contribution >= 4 is 33.0 Å². The van der Waals surface area contributed by atoms with E-state index in [4.69, 9.17) is 4.98 Å². The van der Waals surface area contributed by atoms with Crippen LogP contribution in [0.2, 0.25) is 0 Å². The number of H-pyrrole nitrogens is 2. The minimum Gasteiger partial charge on any atom is -0.345 e. The number of hydrogen-bond donors (Lipinski definition) is 2. The lowest BCUT2D eigenvalue weighted by atomic mass is 10.1. The van der Waals surface area contributed by atoms with Crippen molar-refractivity contribution in [1.29, 1.82) is 0 Å². The van der Waals surface area contributed by atoms with E-state index in [1.807, 2.05) is 6.07 Å². The van der Waals surface area contributed by atoms with Crippen molar-refractivity contribution in [2.75, 3.05) is 0 Å². The van der Waals surface area contributed by atoms with Crippen LogP contribution in [0.25, 0.3) is 49.9 Å². The number of alkyl halides is 3. The van der Waals surface area contributed by atoms with Crippen molar-refractivity contribution in [2.45, 2.75) is 6.18 Å². The summed E-state index contributed by atoms with van der Waals surface area (Å²) in [4.78, 5) is 44.0. The highest BCUT2D eigenvalue weighted by Gasteiger charge is 2.31. The van der Waals surface area contributed by atoms with E-state index in [9.17, 15) is 22.8 Å². The molecule has 0 radical (unpaired) electrons. The zero-order valence-electron chi connectivity index (χ0n) is 17.6. The molecule has 8 nitrogen and oxygen atoms in total. The number of benzene rings is 1. The number of aromatic nitrogens is 6. The largest absolute Gasteiger partial charge is 0.416 e. The summed E-state index contributed by atoms with van der Waals surface area (Å²) in [5.41, 5.74) is -0.103. The van der Waals surface area contributed by atoms with Gasteiger partial charge in [0.05, 0.1) is 33.4 Å². The van der Waals surface area contributed by atoms with E-state index >= 15 is 0 Å². The molecule has 0 aliphatic carbocycles. The van der Waals surface area contributed by atoms with Crippen LogP contribution in [0.3, 0.4) is 0 Å². The zero-order valence-corrected chi connectivity index (χ0v) is 17.6. The molecule has 0 amide bonds. The quantitative estimate of drug-likeness (QED) is 0.366. The molecule has 0 fully saturated rings. The van der Waals surface area contributed by atoms with Crippen LogP contribution >= 0.6 is 0 Å². The lowest BCUT2D eigenvalue weighted by molar-refractivity contribution is -0.137. The fourth-order valence-electron chi connectivity index (χ4n) is 4.15. The molecule has 0 aliphatic heterocycles.